The minimum absolute atomic E-state index is 0.0943. The molecule has 8 heteroatoms. The quantitative estimate of drug-likeness (QED) is 0.526. The molecule has 4 rings (SSSR count). The number of nitrogens with zero attached hydrogens (tertiary/aromatic N) is 5. The van der Waals surface area contributed by atoms with Gasteiger partial charge in [0.2, 0.25) is 0 Å². The second-order valence-electron chi connectivity index (χ2n) is 6.47. The van der Waals surface area contributed by atoms with Crippen LogP contribution in [0.15, 0.2) is 41.2 Å². The number of pyridine rings is 1. The molecular formula is C18H19N5O3. The largest absolute Gasteiger partial charge is 0.368 e. The first kappa shape index (κ1) is 16.5. The van der Waals surface area contributed by atoms with E-state index in [-0.39, 0.29) is 10.6 Å². The van der Waals surface area contributed by atoms with Gasteiger partial charge in [-0.1, -0.05) is 5.16 Å². The monoisotopic (exact) mass is 353 g/mol. The molecule has 8 nitrogen and oxygen atoms in total. The Labute approximate surface area is 150 Å². The van der Waals surface area contributed by atoms with Crippen molar-refractivity contribution >= 4 is 22.1 Å². The van der Waals surface area contributed by atoms with Crippen LogP contribution in [0.5, 0.6) is 0 Å². The molecule has 134 valence electrons. The predicted octanol–water partition coefficient (Wildman–Crippen LogP) is 2.76. The van der Waals surface area contributed by atoms with Crippen LogP contribution in [0, 0.1) is 17.0 Å². The zero-order valence-corrected chi connectivity index (χ0v) is 14.5. The van der Waals surface area contributed by atoms with Crippen molar-refractivity contribution < 1.29 is 9.45 Å². The van der Waals surface area contributed by atoms with E-state index in [1.807, 2.05) is 25.1 Å². The number of anilines is 1. The summed E-state index contributed by atoms with van der Waals surface area (Å²) in [6.07, 6.45) is 3.25. The number of non-ortho nitro benzene ring substituents is 1. The third-order valence-electron chi connectivity index (χ3n) is 4.74. The zero-order valence-electron chi connectivity index (χ0n) is 14.5. The lowest BCUT2D eigenvalue weighted by Crippen LogP contribution is -2.46. The number of fused-ring (bicyclic) bond motifs is 1. The number of rotatable bonds is 4. The van der Waals surface area contributed by atoms with Crippen LogP contribution in [0.1, 0.15) is 11.5 Å². The van der Waals surface area contributed by atoms with Gasteiger partial charge < -0.3 is 9.42 Å². The first-order chi connectivity index (χ1) is 12.6. The first-order valence-electron chi connectivity index (χ1n) is 8.52. The second kappa shape index (κ2) is 6.72. The summed E-state index contributed by atoms with van der Waals surface area (Å²) in [5, 5.41) is 16.8. The van der Waals surface area contributed by atoms with Crippen molar-refractivity contribution in [3.8, 4) is 0 Å². The summed E-state index contributed by atoms with van der Waals surface area (Å²) in [5.74, 6) is 0.824. The fourth-order valence-electron chi connectivity index (χ4n) is 3.46. The van der Waals surface area contributed by atoms with E-state index in [0.717, 1.165) is 55.3 Å². The lowest BCUT2D eigenvalue weighted by molar-refractivity contribution is -0.383. The smallest absolute Gasteiger partial charge is 0.278 e. The van der Waals surface area contributed by atoms with E-state index in [2.05, 4.69) is 19.9 Å². The van der Waals surface area contributed by atoms with Crippen LogP contribution >= 0.6 is 0 Å². The first-order valence-corrected chi connectivity index (χ1v) is 8.52. The normalized spacial score (nSPS) is 15.5. The van der Waals surface area contributed by atoms with Gasteiger partial charge in [0.05, 0.1) is 16.0 Å². The minimum Gasteiger partial charge on any atom is -0.368 e. The summed E-state index contributed by atoms with van der Waals surface area (Å²) >= 11 is 0. The van der Waals surface area contributed by atoms with Gasteiger partial charge in [0.25, 0.3) is 5.69 Å². The minimum atomic E-state index is -0.356. The van der Waals surface area contributed by atoms with Gasteiger partial charge in [-0.05, 0) is 19.1 Å². The van der Waals surface area contributed by atoms with Crippen LogP contribution in [-0.4, -0.2) is 46.1 Å². The summed E-state index contributed by atoms with van der Waals surface area (Å²) in [7, 11) is 0. The lowest BCUT2D eigenvalue weighted by Gasteiger charge is -2.36. The highest BCUT2D eigenvalue weighted by Gasteiger charge is 2.22. The summed E-state index contributed by atoms with van der Waals surface area (Å²) in [6.45, 7) is 6.17. The molecule has 0 bridgehead atoms. The molecule has 3 aromatic rings. The molecule has 0 unspecified atom stereocenters. The molecule has 1 aliphatic rings. The number of hydrogen-bond acceptors (Lipinski definition) is 7. The summed E-state index contributed by atoms with van der Waals surface area (Å²) in [4.78, 5) is 19.6. The van der Waals surface area contributed by atoms with Crippen molar-refractivity contribution in [3.05, 3.63) is 58.2 Å². The lowest BCUT2D eigenvalue weighted by atomic mass is 10.1. The maximum atomic E-state index is 11.3. The Morgan fingerprint density at radius 3 is 2.69 bits per heavy atom. The molecule has 0 radical (unpaired) electrons. The fourth-order valence-corrected chi connectivity index (χ4v) is 3.46. The molecule has 0 saturated carbocycles. The second-order valence-corrected chi connectivity index (χ2v) is 6.47. The predicted molar refractivity (Wildman–Crippen MR) is 97.1 cm³/mol. The zero-order chi connectivity index (χ0) is 18.1. The molecule has 2 aromatic heterocycles. The van der Waals surface area contributed by atoms with E-state index in [1.54, 1.807) is 18.5 Å². The summed E-state index contributed by atoms with van der Waals surface area (Å²) in [6, 6.07) is 7.23. The van der Waals surface area contributed by atoms with Gasteiger partial charge in [0.1, 0.15) is 5.76 Å². The van der Waals surface area contributed by atoms with Crippen LogP contribution in [0.25, 0.3) is 10.8 Å². The highest BCUT2D eigenvalue weighted by molar-refractivity contribution is 5.99. The van der Waals surface area contributed by atoms with E-state index in [1.165, 1.54) is 0 Å². The Balaban J connectivity index is 1.53. The van der Waals surface area contributed by atoms with Gasteiger partial charge >= 0.3 is 0 Å². The Kier molecular flexibility index (Phi) is 4.26. The number of piperazine rings is 1. The number of benzene rings is 1. The van der Waals surface area contributed by atoms with E-state index >= 15 is 0 Å². The molecule has 1 fully saturated rings. The fraction of sp³-hybridized carbons (Fsp3) is 0.333. The van der Waals surface area contributed by atoms with Gasteiger partial charge in [0.15, 0.2) is 0 Å². The number of aryl methyl sites for hydroxylation is 1. The van der Waals surface area contributed by atoms with Gasteiger partial charge in [-0.25, -0.2) is 0 Å². The molecule has 0 N–H and O–H groups in total. The average Bonchev–Trinajstić information content (AvgIpc) is 3.06. The Bertz CT molecular complexity index is 947. The van der Waals surface area contributed by atoms with Crippen LogP contribution in [-0.2, 0) is 6.54 Å². The van der Waals surface area contributed by atoms with Crippen molar-refractivity contribution in [2.75, 3.05) is 31.1 Å². The van der Waals surface area contributed by atoms with Crippen LogP contribution in [0.3, 0.4) is 0 Å². The van der Waals surface area contributed by atoms with Crippen LogP contribution in [0.2, 0.25) is 0 Å². The highest BCUT2D eigenvalue weighted by atomic mass is 16.6. The maximum absolute atomic E-state index is 11.3. The molecule has 0 amide bonds. The van der Waals surface area contributed by atoms with Crippen LogP contribution < -0.4 is 4.90 Å². The van der Waals surface area contributed by atoms with Crippen molar-refractivity contribution in [1.82, 2.24) is 15.0 Å². The Morgan fingerprint density at radius 1 is 1.19 bits per heavy atom. The van der Waals surface area contributed by atoms with E-state index in [0.29, 0.717) is 5.39 Å². The molecule has 0 spiro atoms. The number of hydrogen-bond donors (Lipinski definition) is 0. The number of nitro groups is 1. The molecule has 1 saturated heterocycles. The standard InChI is InChI=1S/C18H19N5O3/c1-13-10-14(20-26-13)12-21-6-8-22(9-7-21)17-2-3-18(23(24)25)16-11-19-5-4-15(16)17/h2-5,10-11H,6-9,12H2,1H3. The molecular weight excluding hydrogens is 334 g/mol. The van der Waals surface area contributed by atoms with Crippen molar-refractivity contribution in [3.63, 3.8) is 0 Å². The molecule has 1 aromatic carbocycles. The Morgan fingerprint density at radius 2 is 2.00 bits per heavy atom. The summed E-state index contributed by atoms with van der Waals surface area (Å²) in [5.41, 5.74) is 2.06. The van der Waals surface area contributed by atoms with E-state index < -0.39 is 0 Å². The van der Waals surface area contributed by atoms with E-state index in [4.69, 9.17) is 4.52 Å². The maximum Gasteiger partial charge on any atom is 0.278 e. The Hall–Kier alpha value is -3.00. The average molecular weight is 353 g/mol. The SMILES string of the molecule is Cc1cc(CN2CCN(c3ccc([N+](=O)[O-])c4cnccc34)CC2)no1. The molecule has 26 heavy (non-hydrogen) atoms. The van der Waals surface area contributed by atoms with Gasteiger partial charge in [-0.3, -0.25) is 20.0 Å². The van der Waals surface area contributed by atoms with Gasteiger partial charge in [-0.15, -0.1) is 0 Å². The van der Waals surface area contributed by atoms with E-state index in [9.17, 15) is 10.1 Å². The van der Waals surface area contributed by atoms with Crippen molar-refractivity contribution in [1.29, 1.82) is 0 Å². The topological polar surface area (TPSA) is 88.5 Å². The molecule has 0 aliphatic carbocycles. The third kappa shape index (κ3) is 3.11. The molecule has 0 atom stereocenters. The number of nitro benzene ring substituents is 1. The third-order valence-corrected chi connectivity index (χ3v) is 4.74. The molecule has 3 heterocycles. The summed E-state index contributed by atoms with van der Waals surface area (Å²) < 4.78 is 5.13. The highest BCUT2D eigenvalue weighted by Crippen LogP contribution is 2.33. The van der Waals surface area contributed by atoms with Crippen LogP contribution in [0.4, 0.5) is 11.4 Å². The van der Waals surface area contributed by atoms with Crippen molar-refractivity contribution in [2.45, 2.75) is 13.5 Å². The van der Waals surface area contributed by atoms with Crippen molar-refractivity contribution in [2.24, 2.45) is 0 Å². The van der Waals surface area contributed by atoms with Gasteiger partial charge in [-0.2, -0.15) is 0 Å². The van der Waals surface area contributed by atoms with Gasteiger partial charge in [0, 0.05) is 68.3 Å². The number of aromatic nitrogens is 2. The molecule has 1 aliphatic heterocycles.